The van der Waals surface area contributed by atoms with E-state index in [1.54, 1.807) is 6.92 Å². The van der Waals surface area contributed by atoms with E-state index < -0.39 is 0 Å². The lowest BCUT2D eigenvalue weighted by Gasteiger charge is -2.32. The lowest BCUT2D eigenvalue weighted by molar-refractivity contribution is -0.118. The molecule has 1 aromatic carbocycles. The van der Waals surface area contributed by atoms with Gasteiger partial charge >= 0.3 is 0 Å². The van der Waals surface area contributed by atoms with Crippen molar-refractivity contribution in [2.24, 2.45) is 0 Å². The summed E-state index contributed by atoms with van der Waals surface area (Å²) in [5.74, 6) is 1.22. The topological polar surface area (TPSA) is 32.3 Å². The van der Waals surface area contributed by atoms with E-state index in [2.05, 4.69) is 40.5 Å². The van der Waals surface area contributed by atoms with Gasteiger partial charge in [-0.2, -0.15) is 11.8 Å². The average molecular weight is 264 g/mol. The van der Waals surface area contributed by atoms with Gasteiger partial charge in [0.2, 0.25) is 5.91 Å². The third kappa shape index (κ3) is 4.35. The second-order valence-electron chi connectivity index (χ2n) is 4.65. The van der Waals surface area contributed by atoms with E-state index in [0.717, 1.165) is 31.9 Å². The minimum atomic E-state index is 0.0655. The molecule has 1 atom stereocenters. The number of carbonyl (C=O) groups excluding carboxylic acids is 1. The van der Waals surface area contributed by atoms with Crippen LogP contribution in [0.25, 0.3) is 0 Å². The van der Waals surface area contributed by atoms with Crippen molar-refractivity contribution in [3.8, 4) is 0 Å². The summed E-state index contributed by atoms with van der Waals surface area (Å²) in [4.78, 5) is 13.4. The van der Waals surface area contributed by atoms with Gasteiger partial charge in [-0.05, 0) is 5.56 Å². The number of hydrogen-bond donors (Lipinski definition) is 1. The summed E-state index contributed by atoms with van der Waals surface area (Å²) < 4.78 is 0. The minimum Gasteiger partial charge on any atom is -0.355 e. The van der Waals surface area contributed by atoms with Gasteiger partial charge in [-0.3, -0.25) is 9.69 Å². The molecule has 1 aliphatic heterocycles. The standard InChI is InChI=1S/C14H20N2OS/c1-12(17)15-9-14-11-16(7-8-18-14)10-13-5-3-2-4-6-13/h2-6,14H,7-11H2,1H3,(H,15,17). The Morgan fingerprint density at radius 1 is 1.44 bits per heavy atom. The quantitative estimate of drug-likeness (QED) is 0.899. The molecular weight excluding hydrogens is 244 g/mol. The van der Waals surface area contributed by atoms with Crippen LogP contribution in [0, 0.1) is 0 Å². The average Bonchev–Trinajstić information content (AvgIpc) is 2.38. The first-order chi connectivity index (χ1) is 8.74. The number of nitrogens with one attached hydrogen (secondary N) is 1. The fourth-order valence-corrected chi connectivity index (χ4v) is 3.36. The Balaban J connectivity index is 1.81. The zero-order valence-electron chi connectivity index (χ0n) is 10.8. The molecule has 4 heteroatoms. The molecule has 0 radical (unpaired) electrons. The van der Waals surface area contributed by atoms with Gasteiger partial charge in [0.1, 0.15) is 0 Å². The summed E-state index contributed by atoms with van der Waals surface area (Å²) in [5, 5.41) is 3.43. The van der Waals surface area contributed by atoms with Gasteiger partial charge in [0.25, 0.3) is 0 Å². The summed E-state index contributed by atoms with van der Waals surface area (Å²) >= 11 is 1.96. The van der Waals surface area contributed by atoms with Gasteiger partial charge in [-0.25, -0.2) is 0 Å². The number of hydrogen-bond acceptors (Lipinski definition) is 3. The van der Waals surface area contributed by atoms with E-state index in [0.29, 0.717) is 5.25 Å². The molecule has 0 spiro atoms. The first kappa shape index (κ1) is 13.4. The van der Waals surface area contributed by atoms with Gasteiger partial charge in [0.05, 0.1) is 0 Å². The third-order valence-corrected chi connectivity index (χ3v) is 4.26. The largest absolute Gasteiger partial charge is 0.355 e. The van der Waals surface area contributed by atoms with E-state index in [-0.39, 0.29) is 5.91 Å². The fraction of sp³-hybridized carbons (Fsp3) is 0.500. The summed E-state index contributed by atoms with van der Waals surface area (Å²) in [6.07, 6.45) is 0. The van der Waals surface area contributed by atoms with Crippen LogP contribution < -0.4 is 5.32 Å². The zero-order valence-corrected chi connectivity index (χ0v) is 11.6. The number of benzene rings is 1. The zero-order chi connectivity index (χ0) is 12.8. The Hall–Kier alpha value is -1.00. The highest BCUT2D eigenvalue weighted by molar-refractivity contribution is 8.00. The van der Waals surface area contributed by atoms with Crippen molar-refractivity contribution < 1.29 is 4.79 Å². The molecule has 2 rings (SSSR count). The van der Waals surface area contributed by atoms with Crippen LogP contribution in [0.15, 0.2) is 30.3 Å². The van der Waals surface area contributed by atoms with Crippen molar-refractivity contribution in [2.45, 2.75) is 18.7 Å². The monoisotopic (exact) mass is 264 g/mol. The van der Waals surface area contributed by atoms with Gasteiger partial charge in [-0.1, -0.05) is 30.3 Å². The maximum Gasteiger partial charge on any atom is 0.216 e. The van der Waals surface area contributed by atoms with Crippen molar-refractivity contribution in [1.82, 2.24) is 10.2 Å². The second-order valence-corrected chi connectivity index (χ2v) is 6.06. The van der Waals surface area contributed by atoms with E-state index in [9.17, 15) is 4.79 Å². The van der Waals surface area contributed by atoms with E-state index >= 15 is 0 Å². The number of rotatable bonds is 4. The maximum absolute atomic E-state index is 10.9. The van der Waals surface area contributed by atoms with Crippen LogP contribution in [0.2, 0.25) is 0 Å². The molecule has 0 aromatic heterocycles. The Kier molecular flexibility index (Phi) is 5.08. The van der Waals surface area contributed by atoms with Crippen LogP contribution in [-0.2, 0) is 11.3 Å². The Morgan fingerprint density at radius 3 is 2.94 bits per heavy atom. The molecule has 1 heterocycles. The number of amides is 1. The fourth-order valence-electron chi connectivity index (χ4n) is 2.15. The lowest BCUT2D eigenvalue weighted by Crippen LogP contribution is -2.42. The number of nitrogens with zero attached hydrogens (tertiary/aromatic N) is 1. The normalized spacial score (nSPS) is 20.6. The highest BCUT2D eigenvalue weighted by atomic mass is 32.2. The van der Waals surface area contributed by atoms with Gasteiger partial charge in [0.15, 0.2) is 0 Å². The molecule has 1 aromatic rings. The van der Waals surface area contributed by atoms with E-state index in [4.69, 9.17) is 0 Å². The minimum absolute atomic E-state index is 0.0655. The number of carbonyl (C=O) groups is 1. The van der Waals surface area contributed by atoms with Crippen LogP contribution in [-0.4, -0.2) is 41.4 Å². The molecule has 18 heavy (non-hydrogen) atoms. The first-order valence-electron chi connectivity index (χ1n) is 6.36. The molecule has 98 valence electrons. The molecular formula is C14H20N2OS. The predicted octanol–water partition coefficient (Wildman–Crippen LogP) is 1.74. The summed E-state index contributed by atoms with van der Waals surface area (Å²) in [7, 11) is 0. The van der Waals surface area contributed by atoms with Crippen LogP contribution in [0.3, 0.4) is 0 Å². The van der Waals surface area contributed by atoms with Crippen molar-refractivity contribution in [2.75, 3.05) is 25.4 Å². The summed E-state index contributed by atoms with van der Waals surface area (Å²) in [6.45, 7) is 5.56. The maximum atomic E-state index is 10.9. The van der Waals surface area contributed by atoms with Gasteiger partial charge in [-0.15, -0.1) is 0 Å². The molecule has 3 nitrogen and oxygen atoms in total. The highest BCUT2D eigenvalue weighted by Crippen LogP contribution is 2.19. The van der Waals surface area contributed by atoms with Gasteiger partial charge < -0.3 is 5.32 Å². The van der Waals surface area contributed by atoms with E-state index in [1.165, 1.54) is 5.56 Å². The summed E-state index contributed by atoms with van der Waals surface area (Å²) in [5.41, 5.74) is 1.36. The molecule has 0 bridgehead atoms. The summed E-state index contributed by atoms with van der Waals surface area (Å²) in [6, 6.07) is 10.6. The third-order valence-electron chi connectivity index (χ3n) is 3.05. The van der Waals surface area contributed by atoms with Crippen LogP contribution in [0.5, 0.6) is 0 Å². The van der Waals surface area contributed by atoms with E-state index in [1.807, 2.05) is 11.8 Å². The Bertz CT molecular complexity index is 383. The molecule has 1 amide bonds. The molecule has 1 aliphatic rings. The predicted molar refractivity (Wildman–Crippen MR) is 76.6 cm³/mol. The molecule has 1 saturated heterocycles. The number of thioether (sulfide) groups is 1. The molecule has 1 unspecified atom stereocenters. The first-order valence-corrected chi connectivity index (χ1v) is 7.41. The van der Waals surface area contributed by atoms with Crippen molar-refractivity contribution >= 4 is 17.7 Å². The molecule has 0 aliphatic carbocycles. The Morgan fingerprint density at radius 2 is 2.22 bits per heavy atom. The second kappa shape index (κ2) is 6.81. The van der Waals surface area contributed by atoms with Gasteiger partial charge in [0, 0.05) is 44.1 Å². The van der Waals surface area contributed by atoms with Crippen molar-refractivity contribution in [1.29, 1.82) is 0 Å². The smallest absolute Gasteiger partial charge is 0.216 e. The molecule has 0 saturated carbocycles. The lowest BCUT2D eigenvalue weighted by atomic mass is 10.2. The van der Waals surface area contributed by atoms with Crippen LogP contribution in [0.4, 0.5) is 0 Å². The van der Waals surface area contributed by atoms with Crippen LogP contribution in [0.1, 0.15) is 12.5 Å². The molecule has 1 N–H and O–H groups in total. The SMILES string of the molecule is CC(=O)NCC1CN(Cc2ccccc2)CCS1. The highest BCUT2D eigenvalue weighted by Gasteiger charge is 2.20. The molecule has 1 fully saturated rings. The van der Waals surface area contributed by atoms with Crippen molar-refractivity contribution in [3.05, 3.63) is 35.9 Å². The van der Waals surface area contributed by atoms with Crippen LogP contribution >= 0.6 is 11.8 Å². The Labute approximate surface area is 113 Å². The van der Waals surface area contributed by atoms with Crippen molar-refractivity contribution in [3.63, 3.8) is 0 Å².